The minimum absolute atomic E-state index is 0.130. The average Bonchev–Trinajstić information content (AvgIpc) is 3.46. The number of benzene rings is 1. The molecule has 49 heavy (non-hydrogen) atoms. The van der Waals surface area contributed by atoms with Gasteiger partial charge in [-0.25, -0.2) is 15.0 Å². The van der Waals surface area contributed by atoms with Crippen molar-refractivity contribution in [3.63, 3.8) is 0 Å². The molecule has 2 unspecified atom stereocenters. The molecule has 4 aliphatic rings. The Morgan fingerprint density at radius 2 is 1.84 bits per heavy atom. The Balaban J connectivity index is 1.15. The van der Waals surface area contributed by atoms with E-state index in [4.69, 9.17) is 9.72 Å². The van der Waals surface area contributed by atoms with Gasteiger partial charge in [-0.2, -0.15) is 5.10 Å². The van der Waals surface area contributed by atoms with Gasteiger partial charge in [0.15, 0.2) is 5.78 Å². The van der Waals surface area contributed by atoms with Crippen molar-refractivity contribution >= 4 is 50.2 Å². The summed E-state index contributed by atoms with van der Waals surface area (Å²) in [6, 6.07) is 10.7. The summed E-state index contributed by atoms with van der Waals surface area (Å²) in [6.45, 7) is 5.72. The van der Waals surface area contributed by atoms with Crippen LogP contribution in [0.15, 0.2) is 59.6 Å². The number of piperidine rings is 1. The van der Waals surface area contributed by atoms with Gasteiger partial charge in [-0.3, -0.25) is 24.0 Å². The van der Waals surface area contributed by atoms with Crippen molar-refractivity contribution in [1.82, 2.24) is 34.6 Å². The molecule has 2 amide bonds. The van der Waals surface area contributed by atoms with Crippen LogP contribution in [0.25, 0.3) is 22.0 Å². The lowest BCUT2D eigenvalue weighted by Crippen LogP contribution is -2.47. The third-order valence-corrected chi connectivity index (χ3v) is 10.3. The third kappa shape index (κ3) is 5.70. The number of Topliss-reactive ketones (excluding diaryl/α,β-unsaturated/α-hetero) is 1. The number of fused-ring (bicyclic) bond motifs is 6. The summed E-state index contributed by atoms with van der Waals surface area (Å²) >= 11 is 3.42. The Morgan fingerprint density at radius 1 is 1.02 bits per heavy atom. The maximum atomic E-state index is 14.4. The molecule has 1 spiro atoms. The van der Waals surface area contributed by atoms with E-state index in [1.165, 1.54) is 6.92 Å². The number of rotatable bonds is 4. The van der Waals surface area contributed by atoms with Crippen LogP contribution >= 0.6 is 15.9 Å². The second-order valence-corrected chi connectivity index (χ2v) is 14.1. The van der Waals surface area contributed by atoms with E-state index in [0.29, 0.717) is 46.6 Å². The van der Waals surface area contributed by atoms with Crippen LogP contribution in [0.3, 0.4) is 0 Å². The molecular weight excluding hydrogens is 688 g/mol. The van der Waals surface area contributed by atoms with Gasteiger partial charge in [0.05, 0.1) is 18.7 Å². The second kappa shape index (κ2) is 11.9. The first-order chi connectivity index (χ1) is 23.6. The predicted octanol–water partition coefficient (Wildman–Crippen LogP) is 5.14. The van der Waals surface area contributed by atoms with Crippen LogP contribution in [0.1, 0.15) is 58.5 Å². The number of carbonyl (C=O) groups excluding carboxylic acids is 3. The molecule has 3 aliphatic heterocycles. The van der Waals surface area contributed by atoms with Gasteiger partial charge >= 0.3 is 0 Å². The third-order valence-electron chi connectivity index (χ3n) is 9.91. The monoisotopic (exact) mass is 720 g/mol. The molecule has 248 valence electrons. The maximum Gasteiger partial charge on any atom is 0.248 e. The smallest absolute Gasteiger partial charge is 0.248 e. The summed E-state index contributed by atoms with van der Waals surface area (Å²) in [7, 11) is 0. The fraction of sp³-hybridized carbons (Fsp3) is 0.333. The standard InChI is InChI=1S/C36H33BrN8O4/c1-19-8-24(25-14-38-21(3)39-15-25)9-27-32(20(2)46)43-44(33(19)27)16-31(47)45-28-11-36(12-29(36)45)10-26-6-4-22(13-40-26)17-49-18-23-5-7-30(37)41-34(23)42-35(28)48/h4-9,13-15,28-29H,10-12,16-18H2,1-3H3,(H,41,42,48)/t28?,29?,36-/m0/s1. The van der Waals surface area contributed by atoms with Gasteiger partial charge < -0.3 is 15.0 Å². The fourth-order valence-electron chi connectivity index (χ4n) is 7.46. The van der Waals surface area contributed by atoms with Gasteiger partial charge in [-0.05, 0) is 90.0 Å². The number of likely N-dealkylation sites (tertiary alicyclic amines) is 1. The van der Waals surface area contributed by atoms with Crippen molar-refractivity contribution in [2.75, 3.05) is 5.32 Å². The van der Waals surface area contributed by atoms with E-state index in [9.17, 15) is 14.4 Å². The molecule has 7 heterocycles. The molecule has 1 N–H and O–H groups in total. The van der Waals surface area contributed by atoms with E-state index in [0.717, 1.165) is 39.9 Å². The molecular formula is C36H33BrN8O4. The molecule has 12 nitrogen and oxygen atoms in total. The number of carbonyl (C=O) groups is 3. The lowest BCUT2D eigenvalue weighted by Gasteiger charge is -2.27. The lowest BCUT2D eigenvalue weighted by atomic mass is 9.93. The Labute approximate surface area is 290 Å². The van der Waals surface area contributed by atoms with Crippen molar-refractivity contribution < 1.29 is 19.1 Å². The number of halogens is 1. The number of amides is 2. The molecule has 1 aromatic carbocycles. The lowest BCUT2D eigenvalue weighted by molar-refractivity contribution is -0.138. The number of hydrogen-bond acceptors (Lipinski definition) is 9. The molecule has 1 saturated carbocycles. The van der Waals surface area contributed by atoms with Gasteiger partial charge in [0.2, 0.25) is 11.8 Å². The molecule has 2 fully saturated rings. The number of ether oxygens (including phenoxy) is 1. The molecule has 13 heteroatoms. The van der Waals surface area contributed by atoms with E-state index in [-0.39, 0.29) is 47.9 Å². The van der Waals surface area contributed by atoms with Crippen LogP contribution in [-0.4, -0.2) is 64.3 Å². The number of aryl methyl sites for hydroxylation is 2. The molecule has 4 bridgehead atoms. The first kappa shape index (κ1) is 31.4. The van der Waals surface area contributed by atoms with E-state index in [1.807, 2.05) is 50.4 Å². The van der Waals surface area contributed by atoms with Crippen LogP contribution in [-0.2, 0) is 40.5 Å². The zero-order chi connectivity index (χ0) is 34.0. The summed E-state index contributed by atoms with van der Waals surface area (Å²) in [5.74, 6) is 0.297. The van der Waals surface area contributed by atoms with Crippen LogP contribution in [0.2, 0.25) is 0 Å². The first-order valence-corrected chi connectivity index (χ1v) is 17.0. The predicted molar refractivity (Wildman–Crippen MR) is 183 cm³/mol. The van der Waals surface area contributed by atoms with Crippen molar-refractivity contribution in [3.8, 4) is 11.1 Å². The average molecular weight is 722 g/mol. The van der Waals surface area contributed by atoms with Crippen molar-refractivity contribution in [2.45, 2.75) is 71.9 Å². The topological polar surface area (TPSA) is 145 Å². The van der Waals surface area contributed by atoms with Gasteiger partial charge in [-0.15, -0.1) is 0 Å². The molecule has 0 radical (unpaired) electrons. The second-order valence-electron chi connectivity index (χ2n) is 13.3. The largest absolute Gasteiger partial charge is 0.372 e. The van der Waals surface area contributed by atoms with E-state index < -0.39 is 6.04 Å². The number of anilines is 1. The van der Waals surface area contributed by atoms with E-state index in [2.05, 4.69) is 41.3 Å². The van der Waals surface area contributed by atoms with Crippen LogP contribution in [0.5, 0.6) is 0 Å². The fourth-order valence-corrected chi connectivity index (χ4v) is 7.77. The van der Waals surface area contributed by atoms with Gasteiger partial charge in [0, 0.05) is 59.2 Å². The SMILES string of the molecule is CC(=O)c1nn(CC(=O)N2C3C[C@@]4(Cc5ccc(cn5)COCc5ccc(Br)nc5NC3=O)CC24)c2c(C)cc(-c3cnc(C)nc3)cc12. The summed E-state index contributed by atoms with van der Waals surface area (Å²) in [4.78, 5) is 61.0. The van der Waals surface area contributed by atoms with Gasteiger partial charge in [-0.1, -0.05) is 12.1 Å². The van der Waals surface area contributed by atoms with Crippen molar-refractivity contribution in [1.29, 1.82) is 0 Å². The summed E-state index contributed by atoms with van der Waals surface area (Å²) in [6.07, 6.45) is 7.25. The quantitative estimate of drug-likeness (QED) is 0.197. The molecule has 1 aliphatic carbocycles. The highest BCUT2D eigenvalue weighted by Gasteiger charge is 2.67. The normalized spacial score (nSPS) is 21.5. The van der Waals surface area contributed by atoms with E-state index in [1.54, 1.807) is 28.0 Å². The highest BCUT2D eigenvalue weighted by Crippen LogP contribution is 2.61. The van der Waals surface area contributed by atoms with E-state index >= 15 is 0 Å². The highest BCUT2D eigenvalue weighted by atomic mass is 79.9. The van der Waals surface area contributed by atoms with Crippen LogP contribution in [0, 0.1) is 19.3 Å². The Hall–Kier alpha value is -4.88. The van der Waals surface area contributed by atoms with Gasteiger partial charge in [0.25, 0.3) is 0 Å². The number of nitrogens with zero attached hydrogens (tertiary/aromatic N) is 7. The zero-order valence-electron chi connectivity index (χ0n) is 27.2. The Kier molecular flexibility index (Phi) is 7.63. The number of nitrogens with one attached hydrogen (secondary N) is 1. The number of aromatic nitrogens is 6. The molecule has 3 atom stereocenters. The van der Waals surface area contributed by atoms with Crippen molar-refractivity contribution in [3.05, 3.63) is 93.5 Å². The Morgan fingerprint density at radius 3 is 2.59 bits per heavy atom. The first-order valence-electron chi connectivity index (χ1n) is 16.2. The zero-order valence-corrected chi connectivity index (χ0v) is 28.8. The molecule has 1 saturated heterocycles. The summed E-state index contributed by atoms with van der Waals surface area (Å²) in [5, 5.41) is 8.33. The van der Waals surface area contributed by atoms with Crippen LogP contribution < -0.4 is 5.32 Å². The molecule has 9 rings (SSSR count). The number of ketones is 1. The summed E-state index contributed by atoms with van der Waals surface area (Å²) in [5.41, 5.74) is 5.81. The highest BCUT2D eigenvalue weighted by molar-refractivity contribution is 9.10. The molecule has 4 aromatic heterocycles. The summed E-state index contributed by atoms with van der Waals surface area (Å²) < 4.78 is 8.13. The Bertz CT molecular complexity index is 2170. The molecule has 5 aromatic rings. The number of hydrogen-bond donors (Lipinski definition) is 1. The number of pyridine rings is 2. The minimum atomic E-state index is -0.728. The maximum absolute atomic E-state index is 14.4. The minimum Gasteiger partial charge on any atom is -0.372 e. The van der Waals surface area contributed by atoms with Crippen molar-refractivity contribution in [2.24, 2.45) is 5.41 Å². The van der Waals surface area contributed by atoms with Gasteiger partial charge in [0.1, 0.15) is 34.5 Å². The van der Waals surface area contributed by atoms with Crippen LogP contribution in [0.4, 0.5) is 5.82 Å².